The van der Waals surface area contributed by atoms with Crippen molar-refractivity contribution in [2.45, 2.75) is 11.8 Å². The zero-order valence-corrected chi connectivity index (χ0v) is 20.9. The Morgan fingerprint density at radius 3 is 2.00 bits per heavy atom. The van der Waals surface area contributed by atoms with Crippen LogP contribution in [0.5, 0.6) is 0 Å². The fourth-order valence-corrected chi connectivity index (χ4v) is 4.65. The average molecular weight is 573 g/mol. The Morgan fingerprint density at radius 2 is 1.54 bits per heavy atom. The Balaban J connectivity index is 1.81. The van der Waals surface area contributed by atoms with E-state index in [4.69, 9.17) is 34.8 Å². The Morgan fingerprint density at radius 1 is 1.03 bits per heavy atom. The number of carbonyl (C=O) groups excluding carboxylic acids is 2. The minimum absolute atomic E-state index is 0.0914. The van der Waals surface area contributed by atoms with Gasteiger partial charge in [-0.25, -0.2) is 12.8 Å². The quantitative estimate of drug-likeness (QED) is 0.198. The van der Waals surface area contributed by atoms with E-state index in [-0.39, 0.29) is 39.3 Å². The van der Waals surface area contributed by atoms with Crippen LogP contribution < -0.4 is 0 Å². The molecule has 1 fully saturated rings. The second kappa shape index (κ2) is 9.72. The number of alkyl halides is 4. The number of halogens is 7. The second-order valence-corrected chi connectivity index (χ2v) is 11.4. The molecule has 0 aliphatic carbocycles. The first-order valence-corrected chi connectivity index (χ1v) is 12.9. The van der Waals surface area contributed by atoms with Gasteiger partial charge in [-0.15, -0.1) is 0 Å². The predicted molar refractivity (Wildman–Crippen MR) is 125 cm³/mol. The van der Waals surface area contributed by atoms with E-state index >= 15 is 4.39 Å². The van der Waals surface area contributed by atoms with E-state index in [9.17, 15) is 31.2 Å². The topological polar surface area (TPSA) is 71.5 Å². The van der Waals surface area contributed by atoms with Crippen LogP contribution in [0.1, 0.15) is 21.5 Å². The third kappa shape index (κ3) is 6.35. The van der Waals surface area contributed by atoms with Gasteiger partial charge in [0.1, 0.15) is 5.75 Å². The van der Waals surface area contributed by atoms with Crippen LogP contribution in [0.25, 0.3) is 5.57 Å². The minimum atomic E-state index is -4.92. The lowest BCUT2D eigenvalue weighted by Crippen LogP contribution is -2.59. The molecule has 188 valence electrons. The summed E-state index contributed by atoms with van der Waals surface area (Å²) in [5.41, 5.74) is -3.78. The molecule has 1 aliphatic heterocycles. The molecule has 0 N–H and O–H groups in total. The van der Waals surface area contributed by atoms with Gasteiger partial charge in [-0.3, -0.25) is 9.59 Å². The summed E-state index contributed by atoms with van der Waals surface area (Å²) in [5.74, 6) is -2.48. The molecule has 3 rings (SSSR count). The average Bonchev–Trinajstić information content (AvgIpc) is 2.71. The van der Waals surface area contributed by atoms with Crippen molar-refractivity contribution in [3.8, 4) is 0 Å². The molecule has 0 spiro atoms. The van der Waals surface area contributed by atoms with E-state index < -0.39 is 50.3 Å². The highest BCUT2D eigenvalue weighted by Crippen LogP contribution is 2.40. The third-order valence-electron chi connectivity index (χ3n) is 5.18. The summed E-state index contributed by atoms with van der Waals surface area (Å²) >= 11 is 17.4. The van der Waals surface area contributed by atoms with Gasteiger partial charge in [0.2, 0.25) is 5.91 Å². The van der Waals surface area contributed by atoms with Gasteiger partial charge in [0.15, 0.2) is 21.3 Å². The van der Waals surface area contributed by atoms with Gasteiger partial charge in [0, 0.05) is 11.8 Å². The van der Waals surface area contributed by atoms with Gasteiger partial charge >= 0.3 is 6.18 Å². The molecule has 0 unspecified atom stereocenters. The van der Waals surface area contributed by atoms with Gasteiger partial charge in [0.25, 0.3) is 0 Å². The molecule has 1 saturated heterocycles. The van der Waals surface area contributed by atoms with Crippen LogP contribution in [-0.2, 0) is 20.3 Å². The summed E-state index contributed by atoms with van der Waals surface area (Å²) in [4.78, 5) is 25.5. The highest BCUT2D eigenvalue weighted by Gasteiger charge is 2.47. The number of allylic oxidation sites excluding steroid dienone is 2. The molecule has 2 aromatic carbocycles. The maximum absolute atomic E-state index is 15.1. The largest absolute Gasteiger partial charge is 0.417 e. The van der Waals surface area contributed by atoms with Crippen molar-refractivity contribution < 1.29 is 35.6 Å². The van der Waals surface area contributed by atoms with E-state index in [1.54, 1.807) is 0 Å². The van der Waals surface area contributed by atoms with Crippen molar-refractivity contribution in [2.24, 2.45) is 0 Å². The van der Waals surface area contributed by atoms with Crippen LogP contribution in [0, 0.1) is 0 Å². The van der Waals surface area contributed by atoms with Gasteiger partial charge in [0.05, 0.1) is 33.7 Å². The number of ketones is 1. The number of sulfone groups is 1. The minimum Gasteiger partial charge on any atom is -0.335 e. The Hall–Kier alpha value is -2.14. The molecule has 35 heavy (non-hydrogen) atoms. The molecule has 5 nitrogen and oxygen atoms in total. The van der Waals surface area contributed by atoms with E-state index in [1.807, 2.05) is 0 Å². The molecule has 1 aliphatic rings. The van der Waals surface area contributed by atoms with E-state index in [0.717, 1.165) is 35.4 Å². The van der Waals surface area contributed by atoms with Crippen molar-refractivity contribution in [2.75, 3.05) is 25.1 Å². The normalized spacial score (nSPS) is 16.1. The smallest absolute Gasteiger partial charge is 0.335 e. The summed E-state index contributed by atoms with van der Waals surface area (Å²) < 4.78 is 78.5. The molecule has 0 saturated carbocycles. The molecule has 0 radical (unpaired) electrons. The van der Waals surface area contributed by atoms with Crippen molar-refractivity contribution in [3.63, 3.8) is 0 Å². The third-order valence-corrected chi connectivity index (χ3v) is 7.15. The van der Waals surface area contributed by atoms with Crippen molar-refractivity contribution in [3.05, 3.63) is 74.2 Å². The molecule has 2 aromatic rings. The highest BCUT2D eigenvalue weighted by atomic mass is 35.5. The maximum atomic E-state index is 15.1. The van der Waals surface area contributed by atoms with Gasteiger partial charge < -0.3 is 4.90 Å². The molecule has 1 amide bonds. The SMILES string of the molecule is CS(=O)(=O)CC(=O)N1CC(F)(c2ccc(C(=O)/C=C(/c3cc(Cl)c(Cl)c(Cl)c3)C(F)(F)F)cc2)C1. The van der Waals surface area contributed by atoms with Crippen molar-refractivity contribution in [1.29, 1.82) is 0 Å². The number of nitrogens with zero attached hydrogens (tertiary/aromatic N) is 1. The van der Waals surface area contributed by atoms with Crippen molar-refractivity contribution >= 4 is 61.9 Å². The molecular weight excluding hydrogens is 557 g/mol. The van der Waals surface area contributed by atoms with E-state index in [2.05, 4.69) is 0 Å². The number of carbonyl (C=O) groups is 2. The van der Waals surface area contributed by atoms with Crippen molar-refractivity contribution in [1.82, 2.24) is 4.90 Å². The number of amides is 1. The Labute approximate surface area is 213 Å². The molecular formula is C22H16Cl3F4NO4S. The van der Waals surface area contributed by atoms with Crippen LogP contribution >= 0.6 is 34.8 Å². The van der Waals surface area contributed by atoms with Gasteiger partial charge in [-0.1, -0.05) is 59.1 Å². The molecule has 1 heterocycles. The molecule has 13 heteroatoms. The van der Waals surface area contributed by atoms with E-state index in [1.165, 1.54) is 12.1 Å². The standard InChI is InChI=1S/C22H16Cl3F4NO4S/c1-35(33,34)9-19(32)30-10-21(26,11-30)14-4-2-12(3-5-14)18(31)8-15(22(27,28)29)13-6-16(23)20(25)17(24)7-13/h2-8H,9-11H2,1H3/b15-8-. The lowest BCUT2D eigenvalue weighted by molar-refractivity contribution is -0.143. The lowest BCUT2D eigenvalue weighted by atomic mass is 9.87. The first-order valence-electron chi connectivity index (χ1n) is 9.73. The second-order valence-electron chi connectivity index (χ2n) is 8.04. The number of benzene rings is 2. The summed E-state index contributed by atoms with van der Waals surface area (Å²) in [6.07, 6.45) is -3.66. The van der Waals surface area contributed by atoms with Crippen LogP contribution in [0.2, 0.25) is 15.1 Å². The zero-order chi connectivity index (χ0) is 26.3. The van der Waals surface area contributed by atoms with Crippen LogP contribution in [0.4, 0.5) is 17.6 Å². The van der Waals surface area contributed by atoms with Crippen LogP contribution in [0.15, 0.2) is 42.5 Å². The summed E-state index contributed by atoms with van der Waals surface area (Å²) in [6, 6.07) is 6.64. The maximum Gasteiger partial charge on any atom is 0.417 e. The van der Waals surface area contributed by atoms with Gasteiger partial charge in [-0.05, 0) is 29.3 Å². The Kier molecular flexibility index (Phi) is 7.63. The lowest BCUT2D eigenvalue weighted by Gasteiger charge is -2.44. The summed E-state index contributed by atoms with van der Waals surface area (Å²) in [5, 5.41) is -0.578. The Bertz CT molecular complexity index is 1300. The highest BCUT2D eigenvalue weighted by molar-refractivity contribution is 7.91. The predicted octanol–water partition coefficient (Wildman–Crippen LogP) is 5.53. The molecule has 0 aromatic heterocycles. The summed E-state index contributed by atoms with van der Waals surface area (Å²) in [6.45, 7) is -0.768. The number of hydrogen-bond donors (Lipinski definition) is 0. The number of rotatable bonds is 6. The monoisotopic (exact) mass is 571 g/mol. The fourth-order valence-electron chi connectivity index (χ4n) is 3.42. The van der Waals surface area contributed by atoms with Crippen LogP contribution in [-0.4, -0.2) is 56.3 Å². The van der Waals surface area contributed by atoms with Gasteiger partial charge in [-0.2, -0.15) is 13.2 Å². The summed E-state index contributed by atoms with van der Waals surface area (Å²) in [7, 11) is -3.57. The van der Waals surface area contributed by atoms with E-state index in [0.29, 0.717) is 6.08 Å². The molecule has 0 bridgehead atoms. The number of hydrogen-bond acceptors (Lipinski definition) is 4. The molecule has 0 atom stereocenters. The number of likely N-dealkylation sites (tertiary alicyclic amines) is 1. The fraction of sp³-hybridized carbons (Fsp3) is 0.273. The first-order chi connectivity index (χ1) is 16.0. The van der Waals surface area contributed by atoms with Crippen LogP contribution in [0.3, 0.4) is 0 Å². The first kappa shape index (κ1) is 27.4. The zero-order valence-electron chi connectivity index (χ0n) is 17.8.